The Bertz CT molecular complexity index is 531. The minimum Gasteiger partial charge on any atom is -0.352 e. The van der Waals surface area contributed by atoms with Crippen molar-refractivity contribution in [1.82, 2.24) is 15.1 Å². The first kappa shape index (κ1) is 19.0. The number of amides is 4. The van der Waals surface area contributed by atoms with E-state index in [0.717, 1.165) is 32.1 Å². The number of piperidine rings is 1. The number of likely N-dealkylation sites (tertiary alicyclic amines) is 2. The molecule has 0 aromatic carbocycles. The number of carbonyl (C=O) groups is 3. The van der Waals surface area contributed by atoms with Gasteiger partial charge in [-0.15, -0.1) is 0 Å². The van der Waals surface area contributed by atoms with Crippen LogP contribution in [0.4, 0.5) is 4.79 Å². The Morgan fingerprint density at radius 3 is 2.42 bits per heavy atom. The first-order valence-corrected chi connectivity index (χ1v) is 10.2. The van der Waals surface area contributed by atoms with Gasteiger partial charge in [0.1, 0.15) is 0 Å². The van der Waals surface area contributed by atoms with Gasteiger partial charge in [0, 0.05) is 38.1 Å². The molecule has 1 aliphatic carbocycles. The van der Waals surface area contributed by atoms with Crippen molar-refractivity contribution >= 4 is 17.8 Å². The second-order valence-corrected chi connectivity index (χ2v) is 8.02. The van der Waals surface area contributed by atoms with E-state index in [0.29, 0.717) is 32.1 Å². The van der Waals surface area contributed by atoms with Crippen LogP contribution in [0.5, 0.6) is 0 Å². The lowest BCUT2D eigenvalue weighted by atomic mass is 9.98. The van der Waals surface area contributed by atoms with Crippen LogP contribution < -0.4 is 11.1 Å². The van der Waals surface area contributed by atoms with Crippen LogP contribution in [0, 0.1) is 5.92 Å². The smallest absolute Gasteiger partial charge is 0.312 e. The molecule has 0 radical (unpaired) electrons. The molecule has 1 saturated carbocycles. The molecule has 3 aliphatic rings. The molecule has 0 unspecified atom stereocenters. The number of nitrogens with one attached hydrogen (secondary N) is 1. The van der Waals surface area contributed by atoms with Crippen LogP contribution in [-0.4, -0.2) is 59.4 Å². The highest BCUT2D eigenvalue weighted by Gasteiger charge is 2.41. The summed E-state index contributed by atoms with van der Waals surface area (Å²) in [7, 11) is 0. The highest BCUT2D eigenvalue weighted by atomic mass is 16.2. The van der Waals surface area contributed by atoms with Crippen molar-refractivity contribution in [3.05, 3.63) is 0 Å². The quantitative estimate of drug-likeness (QED) is 0.742. The Morgan fingerprint density at radius 2 is 1.73 bits per heavy atom. The predicted molar refractivity (Wildman–Crippen MR) is 98.2 cm³/mol. The summed E-state index contributed by atoms with van der Waals surface area (Å²) >= 11 is 0. The van der Waals surface area contributed by atoms with Crippen molar-refractivity contribution in [1.29, 1.82) is 0 Å². The Hall–Kier alpha value is -1.79. The van der Waals surface area contributed by atoms with Gasteiger partial charge >= 0.3 is 6.03 Å². The van der Waals surface area contributed by atoms with Crippen molar-refractivity contribution in [3.8, 4) is 0 Å². The van der Waals surface area contributed by atoms with Crippen molar-refractivity contribution < 1.29 is 14.4 Å². The summed E-state index contributed by atoms with van der Waals surface area (Å²) in [6, 6.07) is -0.249. The van der Waals surface area contributed by atoms with Crippen molar-refractivity contribution in [2.45, 2.75) is 76.3 Å². The van der Waals surface area contributed by atoms with Gasteiger partial charge in [-0.25, -0.2) is 4.79 Å². The van der Waals surface area contributed by atoms with E-state index in [4.69, 9.17) is 5.73 Å². The predicted octanol–water partition coefficient (Wildman–Crippen LogP) is 1.61. The number of hydrogen-bond acceptors (Lipinski definition) is 3. The van der Waals surface area contributed by atoms with Gasteiger partial charge < -0.3 is 20.9 Å². The number of carbonyl (C=O) groups excluding carboxylic acids is 3. The van der Waals surface area contributed by atoms with E-state index in [2.05, 4.69) is 5.32 Å². The summed E-state index contributed by atoms with van der Waals surface area (Å²) in [4.78, 5) is 40.5. The summed E-state index contributed by atoms with van der Waals surface area (Å²) in [5.74, 6) is -0.0237. The number of primary amides is 1. The third-order valence-electron chi connectivity index (χ3n) is 6.20. The average Bonchev–Trinajstić information content (AvgIpc) is 2.84. The molecule has 0 aromatic rings. The topological polar surface area (TPSA) is 95.7 Å². The molecular weight excluding hydrogens is 332 g/mol. The molecule has 3 N–H and O–H groups in total. The second-order valence-electron chi connectivity index (χ2n) is 8.02. The minimum absolute atomic E-state index is 0.00853. The maximum atomic E-state index is 13.1. The molecule has 0 bridgehead atoms. The van der Waals surface area contributed by atoms with E-state index in [1.165, 1.54) is 25.7 Å². The van der Waals surface area contributed by atoms with Gasteiger partial charge in [-0.3, -0.25) is 9.59 Å². The molecule has 7 heteroatoms. The third kappa shape index (κ3) is 4.48. The van der Waals surface area contributed by atoms with Crippen LogP contribution in [0.15, 0.2) is 0 Å². The number of hydrogen-bond donors (Lipinski definition) is 2. The molecule has 4 amide bonds. The summed E-state index contributed by atoms with van der Waals surface area (Å²) in [6.07, 6.45) is 10.2. The molecule has 26 heavy (non-hydrogen) atoms. The zero-order valence-corrected chi connectivity index (χ0v) is 15.6. The van der Waals surface area contributed by atoms with E-state index in [9.17, 15) is 14.4 Å². The first-order chi connectivity index (χ1) is 12.6. The molecule has 2 aliphatic heterocycles. The maximum absolute atomic E-state index is 13.1. The normalized spacial score (nSPS) is 28.1. The van der Waals surface area contributed by atoms with Crippen LogP contribution in [0.25, 0.3) is 0 Å². The Labute approximate surface area is 155 Å². The van der Waals surface area contributed by atoms with E-state index >= 15 is 0 Å². The fourth-order valence-electron chi connectivity index (χ4n) is 4.78. The van der Waals surface area contributed by atoms with Gasteiger partial charge in [-0.05, 0) is 32.1 Å². The number of rotatable bonds is 4. The fraction of sp³-hybridized carbons (Fsp3) is 0.842. The van der Waals surface area contributed by atoms with Crippen LogP contribution >= 0.6 is 0 Å². The second kappa shape index (κ2) is 8.73. The van der Waals surface area contributed by atoms with Crippen LogP contribution in [-0.2, 0) is 9.59 Å². The highest BCUT2D eigenvalue weighted by Crippen LogP contribution is 2.30. The van der Waals surface area contributed by atoms with Crippen molar-refractivity contribution in [2.75, 3.05) is 19.6 Å². The number of nitrogens with two attached hydrogens (primary N) is 1. The van der Waals surface area contributed by atoms with Gasteiger partial charge in [-0.1, -0.05) is 25.7 Å². The minimum atomic E-state index is -0.557. The molecule has 0 aromatic heterocycles. The average molecular weight is 364 g/mol. The molecule has 7 nitrogen and oxygen atoms in total. The highest BCUT2D eigenvalue weighted by molar-refractivity contribution is 5.89. The summed E-state index contributed by atoms with van der Waals surface area (Å²) in [5.41, 5.74) is 5.18. The van der Waals surface area contributed by atoms with Gasteiger partial charge in [0.25, 0.3) is 0 Å². The van der Waals surface area contributed by atoms with E-state index < -0.39 is 6.03 Å². The molecule has 0 spiro atoms. The lowest BCUT2D eigenvalue weighted by molar-refractivity contribution is -0.139. The molecule has 2 saturated heterocycles. The van der Waals surface area contributed by atoms with E-state index in [-0.39, 0.29) is 23.8 Å². The Morgan fingerprint density at radius 1 is 1.04 bits per heavy atom. The molecule has 2 heterocycles. The lowest BCUT2D eigenvalue weighted by Crippen LogP contribution is -2.52. The monoisotopic (exact) mass is 364 g/mol. The molecule has 3 fully saturated rings. The Kier molecular flexibility index (Phi) is 6.38. The molecule has 2 atom stereocenters. The largest absolute Gasteiger partial charge is 0.352 e. The van der Waals surface area contributed by atoms with Gasteiger partial charge in [0.2, 0.25) is 11.8 Å². The van der Waals surface area contributed by atoms with Gasteiger partial charge in [0.05, 0.1) is 5.92 Å². The summed E-state index contributed by atoms with van der Waals surface area (Å²) in [5, 5.41) is 2.63. The summed E-state index contributed by atoms with van der Waals surface area (Å²) in [6.45, 7) is 1.67. The number of nitrogens with zero attached hydrogens (tertiary/aromatic N) is 2. The Balaban J connectivity index is 1.61. The zero-order valence-electron chi connectivity index (χ0n) is 15.6. The maximum Gasteiger partial charge on any atom is 0.312 e. The standard InChI is InChI=1S/C19H32N4O3/c20-19(26)21-12-16-9-5-6-10-22(16)18(25)14-11-17(24)23(13-14)15-7-3-1-2-4-8-15/h14-16H,1-13H2,(H3,20,21,26)/t14-,16+/m1/s1. The SMILES string of the molecule is NC(=O)NC[C@@H]1CCCCN1C(=O)[C@@H]1CC(=O)N(C2CCCCCC2)C1. The molecule has 146 valence electrons. The van der Waals surface area contributed by atoms with E-state index in [1.807, 2.05) is 9.80 Å². The van der Waals surface area contributed by atoms with Crippen LogP contribution in [0.3, 0.4) is 0 Å². The molecule has 3 rings (SSSR count). The third-order valence-corrected chi connectivity index (χ3v) is 6.20. The summed E-state index contributed by atoms with van der Waals surface area (Å²) < 4.78 is 0. The first-order valence-electron chi connectivity index (χ1n) is 10.2. The molecular formula is C19H32N4O3. The zero-order chi connectivity index (χ0) is 18.5. The van der Waals surface area contributed by atoms with Crippen LogP contribution in [0.2, 0.25) is 0 Å². The van der Waals surface area contributed by atoms with Crippen molar-refractivity contribution in [3.63, 3.8) is 0 Å². The van der Waals surface area contributed by atoms with Crippen LogP contribution in [0.1, 0.15) is 64.2 Å². The lowest BCUT2D eigenvalue weighted by Gasteiger charge is -2.37. The fourth-order valence-corrected chi connectivity index (χ4v) is 4.78. The number of urea groups is 1. The van der Waals surface area contributed by atoms with E-state index in [1.54, 1.807) is 0 Å². The van der Waals surface area contributed by atoms with Crippen molar-refractivity contribution in [2.24, 2.45) is 11.7 Å². The van der Waals surface area contributed by atoms with Gasteiger partial charge in [0.15, 0.2) is 0 Å². The van der Waals surface area contributed by atoms with Gasteiger partial charge in [-0.2, -0.15) is 0 Å².